The van der Waals surface area contributed by atoms with Crippen molar-refractivity contribution >= 4 is 17.7 Å². The molecule has 3 heterocycles. The van der Waals surface area contributed by atoms with E-state index in [4.69, 9.17) is 5.73 Å². The van der Waals surface area contributed by atoms with Gasteiger partial charge in [-0.05, 0) is 19.3 Å². The third kappa shape index (κ3) is 4.67. The summed E-state index contributed by atoms with van der Waals surface area (Å²) in [6, 6.07) is 0.330. The quantitative estimate of drug-likeness (QED) is 0.480. The number of carbonyl (C=O) groups excluding carboxylic acids is 3. The zero-order valence-corrected chi connectivity index (χ0v) is 14.7. The Morgan fingerprint density at radius 3 is 1.38 bits per heavy atom. The summed E-state index contributed by atoms with van der Waals surface area (Å²) < 4.78 is 0. The number of nitrogens with zero attached hydrogens (tertiary/aromatic N) is 1. The molecule has 0 saturated carbocycles. The van der Waals surface area contributed by atoms with Gasteiger partial charge in [-0.1, -0.05) is 0 Å². The Labute approximate surface area is 142 Å². The van der Waals surface area contributed by atoms with Gasteiger partial charge in [0.2, 0.25) is 17.7 Å². The second-order valence-electron chi connectivity index (χ2n) is 7.19. The molecule has 3 aliphatic rings. The van der Waals surface area contributed by atoms with Crippen LogP contribution in [-0.2, 0) is 14.4 Å². The zero-order valence-electron chi connectivity index (χ0n) is 14.7. The first-order valence-electron chi connectivity index (χ1n) is 8.50. The number of fused-ring (bicyclic) bond motifs is 3. The van der Waals surface area contributed by atoms with Crippen LogP contribution < -0.4 is 21.7 Å². The van der Waals surface area contributed by atoms with E-state index in [0.717, 1.165) is 19.3 Å². The fraction of sp³-hybridized carbons (Fsp3) is 0.812. The number of hydrogen-bond donors (Lipinski definition) is 4. The van der Waals surface area contributed by atoms with Crippen LogP contribution in [0.5, 0.6) is 0 Å². The lowest BCUT2D eigenvalue weighted by atomic mass is 9.69. The lowest BCUT2D eigenvalue weighted by molar-refractivity contribution is -0.121. The molecule has 3 amide bonds. The summed E-state index contributed by atoms with van der Waals surface area (Å²) >= 11 is 0. The first-order valence-corrected chi connectivity index (χ1v) is 8.50. The molecule has 2 bridgehead atoms. The highest BCUT2D eigenvalue weighted by molar-refractivity contribution is 5.73. The van der Waals surface area contributed by atoms with Crippen LogP contribution >= 0.6 is 0 Å². The molecule has 3 unspecified atom stereocenters. The van der Waals surface area contributed by atoms with Gasteiger partial charge in [0.05, 0.1) is 0 Å². The van der Waals surface area contributed by atoms with Crippen LogP contribution in [0.4, 0.5) is 0 Å². The van der Waals surface area contributed by atoms with Crippen molar-refractivity contribution < 1.29 is 14.4 Å². The largest absolute Gasteiger partial charge is 0.355 e. The van der Waals surface area contributed by atoms with Crippen molar-refractivity contribution in [1.29, 1.82) is 0 Å². The van der Waals surface area contributed by atoms with Gasteiger partial charge in [-0.3, -0.25) is 19.3 Å². The van der Waals surface area contributed by atoms with Gasteiger partial charge in [-0.25, -0.2) is 0 Å². The van der Waals surface area contributed by atoms with Crippen molar-refractivity contribution in [3.05, 3.63) is 0 Å². The maximum Gasteiger partial charge on any atom is 0.216 e. The average Bonchev–Trinajstić information content (AvgIpc) is 2.47. The second-order valence-corrected chi connectivity index (χ2v) is 7.19. The van der Waals surface area contributed by atoms with E-state index < -0.39 is 0 Å². The predicted molar refractivity (Wildman–Crippen MR) is 90.0 cm³/mol. The lowest BCUT2D eigenvalue weighted by Gasteiger charge is -2.59. The maximum absolute atomic E-state index is 11.3. The summed E-state index contributed by atoms with van der Waals surface area (Å²) in [4.78, 5) is 36.2. The van der Waals surface area contributed by atoms with Crippen molar-refractivity contribution in [2.75, 3.05) is 19.6 Å². The van der Waals surface area contributed by atoms with Crippen molar-refractivity contribution in [3.63, 3.8) is 0 Å². The first-order chi connectivity index (χ1) is 11.2. The number of nitrogens with one attached hydrogen (secondary N) is 3. The van der Waals surface area contributed by atoms with Gasteiger partial charge in [0, 0.05) is 64.1 Å². The van der Waals surface area contributed by atoms with Crippen LogP contribution in [-0.4, -0.2) is 65.9 Å². The Morgan fingerprint density at radius 1 is 0.833 bits per heavy atom. The van der Waals surface area contributed by atoms with Crippen molar-refractivity contribution in [1.82, 2.24) is 20.9 Å². The van der Waals surface area contributed by atoms with E-state index in [9.17, 15) is 14.4 Å². The fourth-order valence-corrected chi connectivity index (χ4v) is 4.19. The molecule has 3 aliphatic heterocycles. The van der Waals surface area contributed by atoms with Crippen LogP contribution in [0, 0.1) is 0 Å². The molecule has 3 saturated heterocycles. The molecule has 5 atom stereocenters. The highest BCUT2D eigenvalue weighted by Crippen LogP contribution is 2.41. The Kier molecular flexibility index (Phi) is 5.82. The van der Waals surface area contributed by atoms with E-state index in [1.807, 2.05) is 0 Å². The Balaban J connectivity index is 2.15. The minimum absolute atomic E-state index is 0.0689. The number of rotatable bonds is 6. The summed E-state index contributed by atoms with van der Waals surface area (Å²) in [7, 11) is 0. The fourth-order valence-electron chi connectivity index (χ4n) is 4.19. The molecule has 0 aliphatic carbocycles. The van der Waals surface area contributed by atoms with Crippen molar-refractivity contribution in [2.24, 2.45) is 5.73 Å². The normalized spacial score (nSPS) is 34.5. The van der Waals surface area contributed by atoms with Gasteiger partial charge in [-0.15, -0.1) is 0 Å². The Morgan fingerprint density at radius 2 is 1.12 bits per heavy atom. The van der Waals surface area contributed by atoms with E-state index in [1.54, 1.807) is 0 Å². The van der Waals surface area contributed by atoms with Gasteiger partial charge >= 0.3 is 0 Å². The maximum atomic E-state index is 11.3. The Bertz CT molecular complexity index is 441. The van der Waals surface area contributed by atoms with Crippen LogP contribution in [0.2, 0.25) is 0 Å². The SMILES string of the molecule is CC(=O)NCC1CC2(N)C[C@@H](CNC(C)=O)N1[C@@H](CNC(C)=O)C2. The summed E-state index contributed by atoms with van der Waals surface area (Å²) in [6.45, 7) is 6.08. The summed E-state index contributed by atoms with van der Waals surface area (Å²) in [5.41, 5.74) is 6.29. The standard InChI is InChI=1S/C16H29N5O3/c1-10(22)18-7-13-4-16(17)5-14(8-19-11(2)23)21(13)15(6-16)9-20-12(3)24/h13-15H,4-9,17H2,1-3H3,(H,18,22)(H,19,23)(H,20,24)/t13-,14+,15?,16?. The molecule has 0 aromatic carbocycles. The topological polar surface area (TPSA) is 117 Å². The van der Waals surface area contributed by atoms with Crippen molar-refractivity contribution in [3.8, 4) is 0 Å². The zero-order chi connectivity index (χ0) is 17.9. The number of amides is 3. The summed E-state index contributed by atoms with van der Waals surface area (Å²) in [5.74, 6) is -0.207. The molecule has 8 nitrogen and oxygen atoms in total. The molecule has 136 valence electrons. The highest BCUT2D eigenvalue weighted by Gasteiger charge is 2.51. The molecular weight excluding hydrogens is 310 g/mol. The molecule has 24 heavy (non-hydrogen) atoms. The van der Waals surface area contributed by atoms with Crippen LogP contribution in [0.25, 0.3) is 0 Å². The van der Waals surface area contributed by atoms with Gasteiger partial charge in [0.1, 0.15) is 0 Å². The average molecular weight is 339 g/mol. The minimum atomic E-state index is -0.329. The molecule has 0 aromatic heterocycles. The smallest absolute Gasteiger partial charge is 0.216 e. The number of carbonyl (C=O) groups is 3. The van der Waals surface area contributed by atoms with Crippen molar-refractivity contribution in [2.45, 2.75) is 63.7 Å². The third-order valence-corrected chi connectivity index (χ3v) is 4.95. The van der Waals surface area contributed by atoms with E-state index in [1.165, 1.54) is 20.8 Å². The molecule has 3 rings (SSSR count). The number of piperidine rings is 3. The number of nitrogens with two attached hydrogens (primary N) is 1. The molecule has 8 heteroatoms. The Hall–Kier alpha value is -1.67. The van der Waals surface area contributed by atoms with Gasteiger partial charge in [-0.2, -0.15) is 0 Å². The van der Waals surface area contributed by atoms with Crippen LogP contribution in [0.15, 0.2) is 0 Å². The molecule has 5 N–H and O–H groups in total. The lowest BCUT2D eigenvalue weighted by Crippen LogP contribution is -2.73. The van der Waals surface area contributed by atoms with Crippen LogP contribution in [0.3, 0.4) is 0 Å². The van der Waals surface area contributed by atoms with Gasteiger partial charge in [0.25, 0.3) is 0 Å². The minimum Gasteiger partial charge on any atom is -0.355 e. The molecule has 0 aromatic rings. The molecule has 0 radical (unpaired) electrons. The molecular formula is C16H29N5O3. The monoisotopic (exact) mass is 339 g/mol. The first kappa shape index (κ1) is 18.7. The highest BCUT2D eigenvalue weighted by atomic mass is 16.2. The van der Waals surface area contributed by atoms with Crippen LogP contribution in [0.1, 0.15) is 40.0 Å². The summed E-state index contributed by atoms with van der Waals surface area (Å²) in [6.07, 6.45) is 2.42. The van der Waals surface area contributed by atoms with E-state index in [0.29, 0.717) is 19.6 Å². The van der Waals surface area contributed by atoms with E-state index in [2.05, 4.69) is 20.9 Å². The van der Waals surface area contributed by atoms with Gasteiger partial charge in [0.15, 0.2) is 0 Å². The number of hydrogen-bond acceptors (Lipinski definition) is 5. The third-order valence-electron chi connectivity index (χ3n) is 4.95. The summed E-state index contributed by atoms with van der Waals surface area (Å²) in [5, 5.41) is 8.63. The second kappa shape index (κ2) is 7.48. The van der Waals surface area contributed by atoms with E-state index in [-0.39, 0.29) is 41.4 Å². The van der Waals surface area contributed by atoms with E-state index >= 15 is 0 Å². The predicted octanol–water partition coefficient (Wildman–Crippen LogP) is -1.30. The van der Waals surface area contributed by atoms with Gasteiger partial charge < -0.3 is 21.7 Å². The molecule has 3 fully saturated rings. The molecule has 0 spiro atoms.